The molecule has 4 aliphatic rings. The van der Waals surface area contributed by atoms with E-state index in [0.717, 1.165) is 39.4 Å². The van der Waals surface area contributed by atoms with Crippen LogP contribution in [0.25, 0.3) is 0 Å². The maximum absolute atomic E-state index is 6.35. The quantitative estimate of drug-likeness (QED) is 0.501. The molecule has 0 saturated heterocycles. The summed E-state index contributed by atoms with van der Waals surface area (Å²) in [5.74, 6) is 1.78. The fraction of sp³-hybridized carbons (Fsp3) is 0.538. The van der Waals surface area contributed by atoms with Crippen LogP contribution in [0.4, 0.5) is 0 Å². The largest absolute Gasteiger partial charge is 0.489 e. The summed E-state index contributed by atoms with van der Waals surface area (Å²) in [6.45, 7) is 6.36. The first-order valence-corrected chi connectivity index (χ1v) is 11.9. The summed E-state index contributed by atoms with van der Waals surface area (Å²) in [6.07, 6.45) is 8.14. The fourth-order valence-electron chi connectivity index (χ4n) is 7.50. The van der Waals surface area contributed by atoms with Gasteiger partial charge in [-0.15, -0.1) is 0 Å². The van der Waals surface area contributed by atoms with Gasteiger partial charge < -0.3 is 10.1 Å². The zero-order valence-corrected chi connectivity index (χ0v) is 19.5. The van der Waals surface area contributed by atoms with E-state index in [4.69, 9.17) is 27.9 Å². The average Bonchev–Trinajstić information content (AvgIpc) is 2.64. The first-order valence-electron chi connectivity index (χ1n) is 11.1. The van der Waals surface area contributed by atoms with Gasteiger partial charge in [-0.25, -0.2) is 0 Å². The Hall–Kier alpha value is -1.22. The Labute approximate surface area is 190 Å². The third-order valence-corrected chi connectivity index (χ3v) is 8.10. The maximum atomic E-state index is 6.35. The van der Waals surface area contributed by atoms with Crippen LogP contribution in [0.5, 0.6) is 5.75 Å². The van der Waals surface area contributed by atoms with Gasteiger partial charge in [0.2, 0.25) is 0 Å². The minimum Gasteiger partial charge on any atom is -0.489 e. The predicted molar refractivity (Wildman–Crippen MR) is 124 cm³/mol. The highest BCUT2D eigenvalue weighted by atomic mass is 35.5. The highest BCUT2D eigenvalue weighted by Gasteiger charge is 2.59. The van der Waals surface area contributed by atoms with Gasteiger partial charge in [-0.1, -0.05) is 49.2 Å². The lowest BCUT2D eigenvalue weighted by atomic mass is 9.43. The van der Waals surface area contributed by atoms with E-state index in [9.17, 15) is 0 Å². The molecular formula is C26H31Cl2NO. The molecular weight excluding hydrogens is 413 g/mol. The molecule has 0 spiro atoms. The Morgan fingerprint density at radius 2 is 1.57 bits per heavy atom. The standard InChI is InChI=1S/C26H31Cl2NO/c1-24-10-19-11-25(2,15-24)17-26(12-19,16-24)29-13-20-9-22(28)7-8-23(20)30-14-18-3-5-21(27)6-4-18/h3-9,19,29H,10-17H2,1-2H3. The van der Waals surface area contributed by atoms with Crippen LogP contribution < -0.4 is 10.1 Å². The molecule has 4 aliphatic carbocycles. The molecule has 4 saturated carbocycles. The van der Waals surface area contributed by atoms with Gasteiger partial charge in [0.05, 0.1) is 0 Å². The lowest BCUT2D eigenvalue weighted by Gasteiger charge is -2.65. The van der Waals surface area contributed by atoms with Crippen molar-refractivity contribution in [2.24, 2.45) is 16.7 Å². The van der Waals surface area contributed by atoms with Crippen LogP contribution in [0.2, 0.25) is 10.0 Å². The molecule has 0 amide bonds. The van der Waals surface area contributed by atoms with Gasteiger partial charge in [0, 0.05) is 27.7 Å². The molecule has 4 fully saturated rings. The molecule has 0 radical (unpaired) electrons. The molecule has 1 N–H and O–H groups in total. The van der Waals surface area contributed by atoms with E-state index in [0.29, 0.717) is 17.4 Å². The van der Waals surface area contributed by atoms with Crippen LogP contribution >= 0.6 is 23.2 Å². The van der Waals surface area contributed by atoms with Gasteiger partial charge in [-0.05, 0) is 91.2 Å². The summed E-state index contributed by atoms with van der Waals surface area (Å²) in [6, 6.07) is 13.8. The van der Waals surface area contributed by atoms with Crippen LogP contribution in [0, 0.1) is 16.7 Å². The molecule has 0 heterocycles. The summed E-state index contributed by atoms with van der Waals surface area (Å²) < 4.78 is 6.19. The van der Waals surface area contributed by atoms with E-state index >= 15 is 0 Å². The Balaban J connectivity index is 1.31. The lowest BCUT2D eigenvalue weighted by Crippen LogP contribution is -2.63. The third-order valence-electron chi connectivity index (χ3n) is 7.61. The summed E-state index contributed by atoms with van der Waals surface area (Å²) >= 11 is 12.3. The topological polar surface area (TPSA) is 21.3 Å². The van der Waals surface area contributed by atoms with Crippen molar-refractivity contribution in [2.45, 2.75) is 71.1 Å². The molecule has 2 aromatic rings. The number of halogens is 2. The fourth-order valence-corrected chi connectivity index (χ4v) is 7.82. The van der Waals surface area contributed by atoms with Crippen LogP contribution in [-0.2, 0) is 13.2 Å². The molecule has 6 rings (SSSR count). The normalized spacial score (nSPS) is 34.3. The zero-order chi connectivity index (χ0) is 21.0. The van der Waals surface area contributed by atoms with Crippen LogP contribution in [0.1, 0.15) is 63.5 Å². The van der Waals surface area contributed by atoms with E-state index in [-0.39, 0.29) is 5.54 Å². The second-order valence-electron chi connectivity index (χ2n) is 10.9. The number of hydrogen-bond acceptors (Lipinski definition) is 2. The van der Waals surface area contributed by atoms with Gasteiger partial charge in [0.25, 0.3) is 0 Å². The predicted octanol–water partition coefficient (Wildman–Crippen LogP) is 7.41. The van der Waals surface area contributed by atoms with Crippen molar-refractivity contribution >= 4 is 23.2 Å². The Morgan fingerprint density at radius 1 is 0.900 bits per heavy atom. The summed E-state index contributed by atoms with van der Waals surface area (Å²) in [5, 5.41) is 5.51. The number of nitrogens with one attached hydrogen (secondary N) is 1. The van der Waals surface area contributed by atoms with E-state index in [2.05, 4.69) is 25.2 Å². The molecule has 30 heavy (non-hydrogen) atoms. The van der Waals surface area contributed by atoms with Crippen molar-refractivity contribution < 1.29 is 4.74 Å². The highest BCUT2D eigenvalue weighted by Crippen LogP contribution is 2.66. The second kappa shape index (κ2) is 7.43. The molecule has 160 valence electrons. The monoisotopic (exact) mass is 443 g/mol. The zero-order valence-electron chi connectivity index (χ0n) is 17.9. The number of ether oxygens (including phenoxy) is 1. The minimum atomic E-state index is 0.263. The molecule has 0 aliphatic heterocycles. The van der Waals surface area contributed by atoms with E-state index in [1.807, 2.05) is 36.4 Å². The Morgan fingerprint density at radius 3 is 2.23 bits per heavy atom. The lowest BCUT2D eigenvalue weighted by molar-refractivity contribution is -0.118. The molecule has 4 heteroatoms. The smallest absolute Gasteiger partial charge is 0.124 e. The van der Waals surface area contributed by atoms with Gasteiger partial charge in [0.15, 0.2) is 0 Å². The first-order chi connectivity index (χ1) is 14.2. The molecule has 2 nitrogen and oxygen atoms in total. The van der Waals surface area contributed by atoms with Crippen LogP contribution in [-0.4, -0.2) is 5.54 Å². The highest BCUT2D eigenvalue weighted by molar-refractivity contribution is 6.30. The number of hydrogen-bond donors (Lipinski definition) is 1. The number of rotatable bonds is 6. The second-order valence-corrected chi connectivity index (χ2v) is 11.8. The van der Waals surface area contributed by atoms with E-state index < -0.39 is 0 Å². The molecule has 0 aromatic heterocycles. The number of benzene rings is 2. The summed E-state index contributed by atoms with van der Waals surface area (Å²) in [7, 11) is 0. The van der Waals surface area contributed by atoms with Gasteiger partial charge in [0.1, 0.15) is 12.4 Å². The molecule has 4 bridgehead atoms. The van der Waals surface area contributed by atoms with Crippen molar-refractivity contribution in [1.29, 1.82) is 0 Å². The minimum absolute atomic E-state index is 0.263. The maximum Gasteiger partial charge on any atom is 0.124 e. The van der Waals surface area contributed by atoms with Gasteiger partial charge in [-0.3, -0.25) is 0 Å². The van der Waals surface area contributed by atoms with Crippen molar-refractivity contribution in [1.82, 2.24) is 5.32 Å². The SMILES string of the molecule is CC12CC3CC(C)(C1)CC(NCc1cc(Cl)ccc1OCc1ccc(Cl)cc1)(C3)C2. The Kier molecular flexibility index (Phi) is 5.12. The first kappa shape index (κ1) is 20.7. The van der Waals surface area contributed by atoms with Gasteiger partial charge >= 0.3 is 0 Å². The van der Waals surface area contributed by atoms with Gasteiger partial charge in [-0.2, -0.15) is 0 Å². The average molecular weight is 444 g/mol. The molecule has 2 aromatic carbocycles. The summed E-state index contributed by atoms with van der Waals surface area (Å²) in [4.78, 5) is 0. The summed E-state index contributed by atoms with van der Waals surface area (Å²) in [5.41, 5.74) is 3.52. The van der Waals surface area contributed by atoms with E-state index in [1.165, 1.54) is 38.5 Å². The third kappa shape index (κ3) is 4.11. The van der Waals surface area contributed by atoms with Crippen LogP contribution in [0.15, 0.2) is 42.5 Å². The van der Waals surface area contributed by atoms with Crippen molar-refractivity contribution in [2.75, 3.05) is 0 Å². The van der Waals surface area contributed by atoms with Crippen molar-refractivity contribution in [3.8, 4) is 5.75 Å². The van der Waals surface area contributed by atoms with E-state index in [1.54, 1.807) is 0 Å². The van der Waals surface area contributed by atoms with Crippen molar-refractivity contribution in [3.63, 3.8) is 0 Å². The molecule has 2 atom stereocenters. The Bertz CT molecular complexity index is 923. The molecule has 2 unspecified atom stereocenters. The van der Waals surface area contributed by atoms with Crippen molar-refractivity contribution in [3.05, 3.63) is 63.6 Å². The van der Waals surface area contributed by atoms with Crippen LogP contribution in [0.3, 0.4) is 0 Å².